The average molecular weight is 428 g/mol. The summed E-state index contributed by atoms with van der Waals surface area (Å²) in [5.41, 5.74) is 0.236. The molecular formula is C22H22ClN3O4. The van der Waals surface area contributed by atoms with Gasteiger partial charge in [-0.05, 0) is 42.7 Å². The molecule has 0 radical (unpaired) electrons. The van der Waals surface area contributed by atoms with E-state index in [0.717, 1.165) is 10.5 Å². The molecule has 2 N–H and O–H groups in total. The van der Waals surface area contributed by atoms with Gasteiger partial charge in [0.05, 0.1) is 17.7 Å². The van der Waals surface area contributed by atoms with Crippen molar-refractivity contribution in [2.75, 3.05) is 18.0 Å². The van der Waals surface area contributed by atoms with Crippen LogP contribution < -0.4 is 10.2 Å². The highest BCUT2D eigenvalue weighted by Gasteiger charge is 2.42. The summed E-state index contributed by atoms with van der Waals surface area (Å²) in [5.74, 6) is -0.657. The molecule has 1 unspecified atom stereocenters. The minimum absolute atomic E-state index is 0.104. The summed E-state index contributed by atoms with van der Waals surface area (Å²) in [4.78, 5) is 40.4. The molecule has 2 heterocycles. The van der Waals surface area contributed by atoms with Gasteiger partial charge in [-0.25, -0.2) is 9.69 Å². The highest BCUT2D eigenvalue weighted by Crippen LogP contribution is 2.33. The van der Waals surface area contributed by atoms with Gasteiger partial charge in [-0.2, -0.15) is 0 Å². The van der Waals surface area contributed by atoms with E-state index >= 15 is 0 Å². The predicted octanol–water partition coefficient (Wildman–Crippen LogP) is 2.67. The molecule has 30 heavy (non-hydrogen) atoms. The number of halogens is 1. The van der Waals surface area contributed by atoms with Gasteiger partial charge in [0.15, 0.2) is 0 Å². The minimum Gasteiger partial charge on any atom is -0.385 e. The second-order valence-corrected chi connectivity index (χ2v) is 8.07. The van der Waals surface area contributed by atoms with Crippen LogP contribution in [0.3, 0.4) is 0 Å². The molecule has 156 valence electrons. The molecule has 4 rings (SSSR count). The van der Waals surface area contributed by atoms with Gasteiger partial charge in [0.1, 0.15) is 6.04 Å². The van der Waals surface area contributed by atoms with Crippen molar-refractivity contribution >= 4 is 35.1 Å². The Morgan fingerprint density at radius 2 is 1.70 bits per heavy atom. The van der Waals surface area contributed by atoms with Crippen LogP contribution in [0.25, 0.3) is 0 Å². The van der Waals surface area contributed by atoms with Gasteiger partial charge in [-0.3, -0.25) is 9.59 Å². The molecule has 0 saturated carbocycles. The van der Waals surface area contributed by atoms with E-state index in [0.29, 0.717) is 36.6 Å². The van der Waals surface area contributed by atoms with E-state index in [1.165, 1.54) is 0 Å². The lowest BCUT2D eigenvalue weighted by Crippen LogP contribution is -2.47. The van der Waals surface area contributed by atoms with E-state index in [9.17, 15) is 19.5 Å². The van der Waals surface area contributed by atoms with Crippen LogP contribution in [0.1, 0.15) is 24.8 Å². The lowest BCUT2D eigenvalue weighted by atomic mass is 9.84. The summed E-state index contributed by atoms with van der Waals surface area (Å²) in [6.45, 7) is 0.741. The summed E-state index contributed by atoms with van der Waals surface area (Å²) in [7, 11) is 0. The Labute approximate surface area is 179 Å². The number of hydrogen-bond donors (Lipinski definition) is 2. The number of anilines is 1. The maximum atomic E-state index is 12.7. The molecule has 0 bridgehead atoms. The van der Waals surface area contributed by atoms with Crippen molar-refractivity contribution in [3.05, 3.63) is 65.2 Å². The fourth-order valence-electron chi connectivity index (χ4n) is 3.97. The van der Waals surface area contributed by atoms with Crippen LogP contribution in [-0.2, 0) is 15.2 Å². The fraction of sp³-hybridized carbons (Fsp3) is 0.318. The van der Waals surface area contributed by atoms with Gasteiger partial charge >= 0.3 is 6.03 Å². The van der Waals surface area contributed by atoms with Gasteiger partial charge in [-0.1, -0.05) is 41.9 Å². The Morgan fingerprint density at radius 1 is 1.07 bits per heavy atom. The van der Waals surface area contributed by atoms with Gasteiger partial charge in [0, 0.05) is 18.1 Å². The quantitative estimate of drug-likeness (QED) is 0.734. The normalized spacial score (nSPS) is 20.9. The smallest absolute Gasteiger partial charge is 0.329 e. The van der Waals surface area contributed by atoms with Crippen molar-refractivity contribution in [2.24, 2.45) is 0 Å². The van der Waals surface area contributed by atoms with E-state index < -0.39 is 23.6 Å². The van der Waals surface area contributed by atoms with E-state index in [-0.39, 0.29) is 12.3 Å². The molecule has 2 saturated heterocycles. The number of benzene rings is 2. The molecule has 2 aliphatic rings. The number of rotatable bonds is 4. The molecule has 2 fully saturated rings. The van der Waals surface area contributed by atoms with Crippen molar-refractivity contribution in [1.82, 2.24) is 10.2 Å². The number of carbonyl (C=O) groups excluding carboxylic acids is 3. The topological polar surface area (TPSA) is 90.0 Å². The molecular weight excluding hydrogens is 406 g/mol. The molecule has 0 spiro atoms. The molecule has 7 nitrogen and oxygen atoms in total. The molecule has 4 amide bonds. The first-order chi connectivity index (χ1) is 14.4. The molecule has 2 aromatic rings. The average Bonchev–Trinajstić information content (AvgIpc) is 3.02. The number of urea groups is 1. The highest BCUT2D eigenvalue weighted by atomic mass is 35.5. The number of likely N-dealkylation sites (tertiary alicyclic amines) is 1. The zero-order valence-electron chi connectivity index (χ0n) is 16.3. The second kappa shape index (κ2) is 8.08. The molecule has 2 aliphatic heterocycles. The maximum Gasteiger partial charge on any atom is 0.329 e. The lowest BCUT2D eigenvalue weighted by Gasteiger charge is -2.38. The number of nitrogens with one attached hydrogen (secondary N) is 1. The molecule has 1 atom stereocenters. The van der Waals surface area contributed by atoms with Crippen LogP contribution in [0.5, 0.6) is 0 Å². The van der Waals surface area contributed by atoms with Crippen LogP contribution in [-0.4, -0.2) is 47.0 Å². The standard InChI is InChI=1S/C22H22ClN3O4/c23-16-8-6-15(7-9-16)22(30)10-12-25(13-11-22)19(27)14-18-20(28)26(21(29)24-18)17-4-2-1-3-5-17/h1-9,18,30H,10-14H2,(H,24,29). The van der Waals surface area contributed by atoms with Crippen LogP contribution in [0, 0.1) is 0 Å². The number of aliphatic hydroxyl groups is 1. The Balaban J connectivity index is 1.37. The number of piperidine rings is 1. The van der Waals surface area contributed by atoms with Gasteiger partial charge in [-0.15, -0.1) is 0 Å². The summed E-state index contributed by atoms with van der Waals surface area (Å²) in [6, 6.07) is 14.3. The minimum atomic E-state index is -1.01. The number of carbonyl (C=O) groups is 3. The highest BCUT2D eigenvalue weighted by molar-refractivity contribution is 6.30. The van der Waals surface area contributed by atoms with Gasteiger partial charge < -0.3 is 15.3 Å². The van der Waals surface area contributed by atoms with Crippen LogP contribution in [0.4, 0.5) is 10.5 Å². The lowest BCUT2D eigenvalue weighted by molar-refractivity contribution is -0.137. The predicted molar refractivity (Wildman–Crippen MR) is 112 cm³/mol. The van der Waals surface area contributed by atoms with Crippen molar-refractivity contribution in [1.29, 1.82) is 0 Å². The molecule has 0 aromatic heterocycles. The van der Waals surface area contributed by atoms with Crippen molar-refractivity contribution in [3.8, 4) is 0 Å². The number of amides is 4. The van der Waals surface area contributed by atoms with Crippen molar-refractivity contribution < 1.29 is 19.5 Å². The van der Waals surface area contributed by atoms with Gasteiger partial charge in [0.25, 0.3) is 5.91 Å². The third kappa shape index (κ3) is 3.91. The summed E-state index contributed by atoms with van der Waals surface area (Å²) >= 11 is 5.92. The molecule has 8 heteroatoms. The Kier molecular flexibility index (Phi) is 5.49. The van der Waals surface area contributed by atoms with Crippen molar-refractivity contribution in [3.63, 3.8) is 0 Å². The van der Waals surface area contributed by atoms with E-state index in [1.807, 2.05) is 0 Å². The van der Waals surface area contributed by atoms with E-state index in [1.54, 1.807) is 59.5 Å². The summed E-state index contributed by atoms with van der Waals surface area (Å²) in [5, 5.41) is 14.2. The number of para-hydroxylation sites is 1. The van der Waals surface area contributed by atoms with Gasteiger partial charge in [0.2, 0.25) is 5.91 Å². The Bertz CT molecular complexity index is 956. The SMILES string of the molecule is O=C(CC1NC(=O)N(c2ccccc2)C1=O)N1CCC(O)(c2ccc(Cl)cc2)CC1. The Hall–Kier alpha value is -2.90. The number of nitrogens with zero attached hydrogens (tertiary/aromatic N) is 2. The van der Waals surface area contributed by atoms with Crippen molar-refractivity contribution in [2.45, 2.75) is 30.9 Å². The largest absolute Gasteiger partial charge is 0.385 e. The van der Waals surface area contributed by atoms with Crippen LogP contribution in [0.15, 0.2) is 54.6 Å². The third-order valence-corrected chi connectivity index (χ3v) is 5.99. The molecule has 0 aliphatic carbocycles. The third-order valence-electron chi connectivity index (χ3n) is 5.74. The van der Waals surface area contributed by atoms with Crippen LogP contribution >= 0.6 is 11.6 Å². The fourth-order valence-corrected chi connectivity index (χ4v) is 4.10. The second-order valence-electron chi connectivity index (χ2n) is 7.63. The van der Waals surface area contributed by atoms with E-state index in [2.05, 4.69) is 5.32 Å². The van der Waals surface area contributed by atoms with E-state index in [4.69, 9.17) is 11.6 Å². The zero-order valence-corrected chi connectivity index (χ0v) is 17.0. The zero-order chi connectivity index (χ0) is 21.3. The monoisotopic (exact) mass is 427 g/mol. The molecule has 2 aromatic carbocycles. The first-order valence-electron chi connectivity index (χ1n) is 9.83. The maximum absolute atomic E-state index is 12.7. The first kappa shape index (κ1) is 20.4. The summed E-state index contributed by atoms with van der Waals surface area (Å²) in [6.07, 6.45) is 0.677. The summed E-state index contributed by atoms with van der Waals surface area (Å²) < 4.78 is 0. The number of hydrogen-bond acceptors (Lipinski definition) is 4. The first-order valence-corrected chi connectivity index (χ1v) is 10.2. The Morgan fingerprint density at radius 3 is 2.33 bits per heavy atom. The van der Waals surface area contributed by atoms with Crippen LogP contribution in [0.2, 0.25) is 5.02 Å². The number of imide groups is 1.